The van der Waals surface area contributed by atoms with Crippen molar-refractivity contribution in [3.8, 4) is 11.1 Å². The molecular formula is C21H18O2. The summed E-state index contributed by atoms with van der Waals surface area (Å²) in [6.07, 6.45) is 0.300. The van der Waals surface area contributed by atoms with E-state index in [2.05, 4.69) is 18.2 Å². The third kappa shape index (κ3) is 4.07. The number of benzene rings is 3. The van der Waals surface area contributed by atoms with Gasteiger partial charge in [0, 0.05) is 0 Å². The average molecular weight is 302 g/mol. The van der Waals surface area contributed by atoms with Crippen LogP contribution in [-0.2, 0) is 22.6 Å². The Morgan fingerprint density at radius 2 is 1.35 bits per heavy atom. The minimum Gasteiger partial charge on any atom is -0.461 e. The summed E-state index contributed by atoms with van der Waals surface area (Å²) in [6, 6.07) is 27.8. The lowest BCUT2D eigenvalue weighted by Crippen LogP contribution is -2.08. The van der Waals surface area contributed by atoms with Crippen LogP contribution in [0.3, 0.4) is 0 Å². The van der Waals surface area contributed by atoms with Gasteiger partial charge < -0.3 is 4.74 Å². The van der Waals surface area contributed by atoms with Crippen molar-refractivity contribution in [3.05, 3.63) is 96.1 Å². The topological polar surface area (TPSA) is 26.3 Å². The summed E-state index contributed by atoms with van der Waals surface area (Å²) >= 11 is 0. The molecular weight excluding hydrogens is 284 g/mol. The zero-order valence-corrected chi connectivity index (χ0v) is 12.8. The lowest BCUT2D eigenvalue weighted by atomic mass is 10.0. The molecule has 0 spiro atoms. The zero-order chi connectivity index (χ0) is 15.9. The molecule has 0 aliphatic rings. The fraction of sp³-hybridized carbons (Fsp3) is 0.0952. The predicted molar refractivity (Wildman–Crippen MR) is 91.8 cm³/mol. The molecule has 0 N–H and O–H groups in total. The van der Waals surface area contributed by atoms with E-state index in [1.165, 1.54) is 0 Å². The lowest BCUT2D eigenvalue weighted by molar-refractivity contribution is -0.144. The van der Waals surface area contributed by atoms with E-state index in [1.807, 2.05) is 66.7 Å². The molecule has 23 heavy (non-hydrogen) atoms. The van der Waals surface area contributed by atoms with Crippen molar-refractivity contribution in [2.45, 2.75) is 13.0 Å². The van der Waals surface area contributed by atoms with Crippen molar-refractivity contribution in [2.75, 3.05) is 0 Å². The Bertz CT molecular complexity index is 764. The second-order valence-electron chi connectivity index (χ2n) is 5.35. The Morgan fingerprint density at radius 1 is 0.739 bits per heavy atom. The van der Waals surface area contributed by atoms with Gasteiger partial charge in [-0.2, -0.15) is 0 Å². The number of ether oxygens (including phenoxy) is 1. The summed E-state index contributed by atoms with van der Waals surface area (Å²) in [5.41, 5.74) is 4.21. The maximum atomic E-state index is 12.0. The zero-order valence-electron chi connectivity index (χ0n) is 12.8. The van der Waals surface area contributed by atoms with E-state index in [4.69, 9.17) is 4.74 Å². The molecule has 0 saturated carbocycles. The van der Waals surface area contributed by atoms with E-state index in [1.54, 1.807) is 0 Å². The van der Waals surface area contributed by atoms with E-state index >= 15 is 0 Å². The van der Waals surface area contributed by atoms with Crippen LogP contribution in [0, 0.1) is 0 Å². The van der Waals surface area contributed by atoms with Gasteiger partial charge in [-0.25, -0.2) is 0 Å². The molecule has 0 bridgehead atoms. The van der Waals surface area contributed by atoms with Gasteiger partial charge in [-0.1, -0.05) is 84.9 Å². The first-order valence-corrected chi connectivity index (χ1v) is 7.66. The van der Waals surface area contributed by atoms with E-state index in [0.717, 1.165) is 22.3 Å². The van der Waals surface area contributed by atoms with Gasteiger partial charge in [0.1, 0.15) is 6.61 Å². The maximum Gasteiger partial charge on any atom is 0.310 e. The Labute approximate surface area is 136 Å². The van der Waals surface area contributed by atoms with Crippen LogP contribution in [0.5, 0.6) is 0 Å². The Kier molecular flexibility index (Phi) is 4.85. The van der Waals surface area contributed by atoms with E-state index < -0.39 is 0 Å². The number of hydrogen-bond donors (Lipinski definition) is 0. The number of rotatable bonds is 5. The molecule has 2 nitrogen and oxygen atoms in total. The normalized spacial score (nSPS) is 10.3. The van der Waals surface area contributed by atoms with Gasteiger partial charge in [-0.3, -0.25) is 4.79 Å². The molecule has 0 aliphatic carbocycles. The van der Waals surface area contributed by atoms with Gasteiger partial charge in [-0.15, -0.1) is 0 Å². The molecule has 0 saturated heterocycles. The van der Waals surface area contributed by atoms with Crippen molar-refractivity contribution in [3.63, 3.8) is 0 Å². The molecule has 0 unspecified atom stereocenters. The van der Waals surface area contributed by atoms with Gasteiger partial charge in [-0.05, 0) is 22.3 Å². The maximum absolute atomic E-state index is 12.0. The van der Waals surface area contributed by atoms with Gasteiger partial charge in [0.2, 0.25) is 0 Å². The van der Waals surface area contributed by atoms with E-state index in [0.29, 0.717) is 6.42 Å². The van der Waals surface area contributed by atoms with Crippen LogP contribution in [0.2, 0.25) is 0 Å². The van der Waals surface area contributed by atoms with Gasteiger partial charge in [0.15, 0.2) is 0 Å². The molecule has 0 heterocycles. The summed E-state index contributed by atoms with van der Waals surface area (Å²) < 4.78 is 5.46. The second-order valence-corrected chi connectivity index (χ2v) is 5.35. The summed E-state index contributed by atoms with van der Waals surface area (Å²) in [5, 5.41) is 0. The van der Waals surface area contributed by atoms with Gasteiger partial charge >= 0.3 is 5.97 Å². The predicted octanol–water partition coefficient (Wildman–Crippen LogP) is 4.64. The quantitative estimate of drug-likeness (QED) is 0.642. The lowest BCUT2D eigenvalue weighted by Gasteiger charge is -2.10. The van der Waals surface area contributed by atoms with Crippen LogP contribution in [0.25, 0.3) is 11.1 Å². The Morgan fingerprint density at radius 3 is 2.09 bits per heavy atom. The molecule has 3 aromatic carbocycles. The summed E-state index contributed by atoms with van der Waals surface area (Å²) in [4.78, 5) is 12.0. The molecule has 114 valence electrons. The highest BCUT2D eigenvalue weighted by molar-refractivity contribution is 5.73. The standard InChI is InChI=1S/C21H18O2/c22-21(15-17-9-3-1-4-10-17)23-16-19-13-7-8-14-20(19)18-11-5-2-6-12-18/h1-14H,15-16H2. The first kappa shape index (κ1) is 15.0. The molecule has 2 heteroatoms. The number of carbonyl (C=O) groups is 1. The molecule has 0 atom stereocenters. The van der Waals surface area contributed by atoms with Crippen molar-refractivity contribution in [1.82, 2.24) is 0 Å². The van der Waals surface area contributed by atoms with Crippen LogP contribution in [0.4, 0.5) is 0 Å². The summed E-state index contributed by atoms with van der Waals surface area (Å²) in [5.74, 6) is -0.209. The van der Waals surface area contributed by atoms with Crippen LogP contribution < -0.4 is 0 Å². The second kappa shape index (κ2) is 7.41. The van der Waals surface area contributed by atoms with Crippen molar-refractivity contribution < 1.29 is 9.53 Å². The van der Waals surface area contributed by atoms with Gasteiger partial charge in [0.25, 0.3) is 0 Å². The largest absolute Gasteiger partial charge is 0.461 e. The van der Waals surface area contributed by atoms with Crippen LogP contribution in [0.15, 0.2) is 84.9 Å². The fourth-order valence-electron chi connectivity index (χ4n) is 2.52. The first-order chi connectivity index (χ1) is 11.3. The number of carbonyl (C=O) groups excluding carboxylic acids is 1. The van der Waals surface area contributed by atoms with Crippen molar-refractivity contribution in [2.24, 2.45) is 0 Å². The highest BCUT2D eigenvalue weighted by Crippen LogP contribution is 2.24. The van der Waals surface area contributed by atoms with E-state index in [-0.39, 0.29) is 12.6 Å². The molecule has 0 amide bonds. The average Bonchev–Trinajstić information content (AvgIpc) is 2.62. The van der Waals surface area contributed by atoms with Crippen molar-refractivity contribution >= 4 is 5.97 Å². The minimum atomic E-state index is -0.209. The third-order valence-electron chi connectivity index (χ3n) is 3.68. The highest BCUT2D eigenvalue weighted by atomic mass is 16.5. The molecule has 0 aromatic heterocycles. The van der Waals surface area contributed by atoms with Crippen molar-refractivity contribution in [1.29, 1.82) is 0 Å². The van der Waals surface area contributed by atoms with E-state index in [9.17, 15) is 4.79 Å². The Hall–Kier alpha value is -2.87. The molecule has 3 aromatic rings. The smallest absolute Gasteiger partial charge is 0.310 e. The SMILES string of the molecule is O=C(Cc1ccccc1)OCc1ccccc1-c1ccccc1. The molecule has 3 rings (SSSR count). The monoisotopic (exact) mass is 302 g/mol. The fourth-order valence-corrected chi connectivity index (χ4v) is 2.52. The molecule has 0 fully saturated rings. The highest BCUT2D eigenvalue weighted by Gasteiger charge is 2.08. The van der Waals surface area contributed by atoms with Gasteiger partial charge in [0.05, 0.1) is 6.42 Å². The summed E-state index contributed by atoms with van der Waals surface area (Å²) in [6.45, 7) is 0.288. The molecule has 0 radical (unpaired) electrons. The third-order valence-corrected chi connectivity index (χ3v) is 3.68. The molecule has 0 aliphatic heterocycles. The number of esters is 1. The summed E-state index contributed by atoms with van der Waals surface area (Å²) in [7, 11) is 0. The first-order valence-electron chi connectivity index (χ1n) is 7.66. The van der Waals surface area contributed by atoms with Crippen LogP contribution in [0.1, 0.15) is 11.1 Å². The minimum absolute atomic E-state index is 0.209. The van der Waals surface area contributed by atoms with Crippen LogP contribution in [-0.4, -0.2) is 5.97 Å². The Balaban J connectivity index is 1.68. The number of hydrogen-bond acceptors (Lipinski definition) is 2. The van der Waals surface area contributed by atoms with Crippen LogP contribution >= 0.6 is 0 Å².